The normalized spacial score (nSPS) is 14.0. The molecule has 14 nitrogen and oxygen atoms in total. The molecule has 0 saturated heterocycles. The summed E-state index contributed by atoms with van der Waals surface area (Å²) in [6.07, 6.45) is 11.7. The molecule has 2 aromatic heterocycles. The first kappa shape index (κ1) is 61.3. The zero-order valence-electron chi connectivity index (χ0n) is 50.4. The molecule has 6 aromatic carbocycles. The van der Waals surface area contributed by atoms with Gasteiger partial charge in [-0.2, -0.15) is 0 Å². The first-order valence-electron chi connectivity index (χ1n) is 29.8. The van der Waals surface area contributed by atoms with Gasteiger partial charge in [-0.15, -0.1) is 0 Å². The molecular formula is C71H76N10O4S2+2. The van der Waals surface area contributed by atoms with Gasteiger partial charge in [-0.1, -0.05) is 72.1 Å². The molecule has 16 heteroatoms. The van der Waals surface area contributed by atoms with Crippen LogP contribution in [0.4, 0.5) is 45.5 Å². The van der Waals surface area contributed by atoms with E-state index in [1.807, 2.05) is 48.5 Å². The Morgan fingerprint density at radius 1 is 0.494 bits per heavy atom. The minimum absolute atomic E-state index is 0.0844. The van der Waals surface area contributed by atoms with E-state index in [2.05, 4.69) is 166 Å². The number of aromatic nitrogens is 2. The maximum absolute atomic E-state index is 12.9. The maximum atomic E-state index is 12.9. The van der Waals surface area contributed by atoms with Gasteiger partial charge >= 0.3 is 11.8 Å². The van der Waals surface area contributed by atoms with Gasteiger partial charge in [0.2, 0.25) is 0 Å². The molecule has 0 spiro atoms. The Morgan fingerprint density at radius 2 is 0.862 bits per heavy atom. The van der Waals surface area contributed by atoms with Crippen LogP contribution in [0, 0.1) is 27.7 Å². The van der Waals surface area contributed by atoms with Gasteiger partial charge in [-0.25, -0.2) is 28.7 Å². The van der Waals surface area contributed by atoms with Crippen LogP contribution in [0.1, 0.15) is 96.4 Å². The van der Waals surface area contributed by atoms with E-state index >= 15 is 0 Å². The van der Waals surface area contributed by atoms with Crippen LogP contribution in [-0.2, 0) is 29.1 Å². The molecule has 4 heterocycles. The zero-order chi connectivity index (χ0) is 60.8. The molecule has 0 aliphatic carbocycles. The van der Waals surface area contributed by atoms with E-state index in [4.69, 9.17) is 0 Å². The van der Waals surface area contributed by atoms with Crippen molar-refractivity contribution < 1.29 is 39.6 Å². The van der Waals surface area contributed by atoms with Crippen molar-refractivity contribution in [3.8, 4) is 0 Å². The Kier molecular flexibility index (Phi) is 20.5. The number of amides is 2. The molecule has 87 heavy (non-hydrogen) atoms. The summed E-state index contributed by atoms with van der Waals surface area (Å²) in [7, 11) is 4.24. The molecule has 6 N–H and O–H groups in total. The van der Waals surface area contributed by atoms with Gasteiger partial charge in [0.15, 0.2) is 22.8 Å². The van der Waals surface area contributed by atoms with E-state index < -0.39 is 12.0 Å². The van der Waals surface area contributed by atoms with E-state index in [9.17, 15) is 19.8 Å². The predicted molar refractivity (Wildman–Crippen MR) is 350 cm³/mol. The Hall–Kier alpha value is -8.80. The van der Waals surface area contributed by atoms with Gasteiger partial charge in [-0.3, -0.25) is 10.6 Å². The summed E-state index contributed by atoms with van der Waals surface area (Å²) in [6, 6.07) is 54.3. The molecule has 0 saturated carbocycles. The highest BCUT2D eigenvalue weighted by molar-refractivity contribution is 8.04. The second kappa shape index (κ2) is 29.1. The Bertz CT molecular complexity index is 3580. The van der Waals surface area contributed by atoms with Crippen molar-refractivity contribution >= 4 is 105 Å². The summed E-state index contributed by atoms with van der Waals surface area (Å²) in [4.78, 5) is 41.2. The van der Waals surface area contributed by atoms with Crippen molar-refractivity contribution in [1.29, 1.82) is 0 Å². The van der Waals surface area contributed by atoms with E-state index in [0.29, 0.717) is 42.0 Å². The lowest BCUT2D eigenvalue weighted by molar-refractivity contribution is -0.709. The number of amidine groups is 2. The van der Waals surface area contributed by atoms with Crippen molar-refractivity contribution in [1.82, 2.24) is 0 Å². The van der Waals surface area contributed by atoms with Crippen molar-refractivity contribution in [3.63, 3.8) is 0 Å². The molecule has 8 aromatic rings. The van der Waals surface area contributed by atoms with Crippen molar-refractivity contribution in [2.24, 2.45) is 9.98 Å². The number of hydrogen-bond donors (Lipinski definition) is 4. The summed E-state index contributed by atoms with van der Waals surface area (Å²) in [5, 5.41) is 37.1. The molecule has 444 valence electrons. The molecule has 0 bridgehead atoms. The highest BCUT2D eigenvalue weighted by atomic mass is 32.2. The lowest BCUT2D eigenvalue weighted by Gasteiger charge is -2.14. The van der Waals surface area contributed by atoms with Crippen LogP contribution in [0.2, 0.25) is 0 Å². The number of unbranched alkanes of at least 4 members (excludes halogenated alkanes) is 4. The highest BCUT2D eigenvalue weighted by Crippen LogP contribution is 2.46. The van der Waals surface area contributed by atoms with Crippen molar-refractivity contribution in [2.75, 3.05) is 34.5 Å². The fourth-order valence-electron chi connectivity index (χ4n) is 11.0. The van der Waals surface area contributed by atoms with E-state index in [1.165, 1.54) is 65.1 Å². The fourth-order valence-corrected chi connectivity index (χ4v) is 13.3. The number of nitrogens with two attached hydrogens (primary N) is 2. The van der Waals surface area contributed by atoms with Gasteiger partial charge < -0.3 is 30.6 Å². The molecular weight excluding hydrogens is 1120 g/mol. The number of nitrogens with zero attached hydrogens (tertiary/aromatic N) is 6. The second-order valence-corrected chi connectivity index (χ2v) is 24.5. The number of para-hydroxylation sites is 2. The minimum atomic E-state index is -0.496. The van der Waals surface area contributed by atoms with E-state index in [0.717, 1.165) is 74.1 Å². The Balaban J connectivity index is 0.589. The van der Waals surface area contributed by atoms with Crippen LogP contribution >= 0.6 is 23.5 Å². The predicted octanol–water partition coefficient (Wildman–Crippen LogP) is 11.1. The molecule has 0 radical (unpaired) electrons. The third-order valence-corrected chi connectivity index (χ3v) is 18.0. The minimum Gasteiger partial charge on any atom is -0.846 e. The van der Waals surface area contributed by atoms with Gasteiger partial charge in [0, 0.05) is 124 Å². The third-order valence-electron chi connectivity index (χ3n) is 15.7. The first-order chi connectivity index (χ1) is 42.2. The number of primary amides is 2. The number of carbonyl (C=O) groups is 2. The quantitative estimate of drug-likeness (QED) is 0.0168. The van der Waals surface area contributed by atoms with Crippen LogP contribution in [0.15, 0.2) is 200 Å². The molecule has 10 rings (SSSR count). The number of hydrogen-bond acceptors (Lipinski definition) is 10. The average Bonchev–Trinajstić information content (AvgIpc) is 3.09. The monoisotopic (exact) mass is 1200 g/mol. The Labute approximate surface area is 519 Å². The number of aryl methyl sites for hydroxylation is 4. The molecule has 2 aliphatic rings. The number of quaternary nitrogens is 2. The van der Waals surface area contributed by atoms with E-state index in [1.54, 1.807) is 82.7 Å². The lowest BCUT2D eigenvalue weighted by atomic mass is 10.0. The van der Waals surface area contributed by atoms with Crippen LogP contribution in [-0.4, -0.2) is 38.0 Å². The van der Waals surface area contributed by atoms with E-state index in [-0.39, 0.29) is 11.8 Å². The standard InChI is InChI=1S/C71H74N10O4S2/c1-48-41-54(46-68-78(5)62-17-11-13-19-64(62)86-68)42-49(2)80(48)39-15-7-9-21-66(82)72-56-31-35-60(36-32-56)76-70(84)74-58-27-23-52(24-28-58)45-53-25-29-59(30-26-53)75-71(85)77-61-37-33-57(34-38-61)73-67(83)22-10-8-16-40-81-50(3)43-55(44-51(81)4)47-69-79(6)63-18-12-14-20-65(63)87-69/h11-14,17-20,23-38,41-44,46-47H,7-10,15-16,21-22,39-40,45H2,1-6H3,(H4-2,72,73,74,75,76,77,82,83,84,85)/p+2. The number of fused-ring (bicyclic) bond motifs is 2. The number of carbonyl (C=O) groups excluding carboxylic acids is 2. The SMILES string of the molecule is Cc1cc(C=C2Sc3ccccc3N2C)cc(C)[n+]1CCCCCC(=O)[NH2+]c1ccc(NC([O-])=Nc2ccc(Cc3ccc(N=C([O-])Nc4ccc([NH2+]C(=O)CCCCC[n+]5c(C)cc(C=C6Sc7ccccc7N6C)cc5C)cc4)cc3)cc2)cc1. The number of thioether (sulfide) groups is 2. The second-order valence-electron chi connectivity index (χ2n) is 22.3. The van der Waals surface area contributed by atoms with Gasteiger partial charge in [0.1, 0.15) is 24.5 Å². The molecule has 0 fully saturated rings. The first-order valence-corrected chi connectivity index (χ1v) is 31.4. The van der Waals surface area contributed by atoms with Crippen LogP contribution < -0.4 is 50.4 Å². The molecule has 0 atom stereocenters. The van der Waals surface area contributed by atoms with Crippen LogP contribution in [0.25, 0.3) is 12.2 Å². The molecule has 0 unspecified atom stereocenters. The number of anilines is 4. The molecule has 2 aliphatic heterocycles. The number of pyridine rings is 2. The smallest absolute Gasteiger partial charge is 0.315 e. The summed E-state index contributed by atoms with van der Waals surface area (Å²) in [5.74, 6) is 0.169. The van der Waals surface area contributed by atoms with Gasteiger partial charge in [-0.05, 0) is 139 Å². The number of aliphatic imine (C=N–C) groups is 2. The van der Waals surface area contributed by atoms with Gasteiger partial charge in [0.05, 0.1) is 57.7 Å². The van der Waals surface area contributed by atoms with Crippen LogP contribution in [0.3, 0.4) is 0 Å². The number of nitrogens with one attached hydrogen (secondary N) is 2. The van der Waals surface area contributed by atoms with Crippen molar-refractivity contribution in [2.45, 2.75) is 108 Å². The number of rotatable bonds is 22. The third kappa shape index (κ3) is 16.8. The van der Waals surface area contributed by atoms with Gasteiger partial charge in [0.25, 0.3) is 0 Å². The number of benzene rings is 6. The molecule has 2 amide bonds. The highest BCUT2D eigenvalue weighted by Gasteiger charge is 2.24. The largest absolute Gasteiger partial charge is 0.846 e. The summed E-state index contributed by atoms with van der Waals surface area (Å²) in [6.45, 7) is 10.5. The summed E-state index contributed by atoms with van der Waals surface area (Å²) >= 11 is 3.60. The van der Waals surface area contributed by atoms with Crippen molar-refractivity contribution in [3.05, 3.63) is 225 Å². The maximum Gasteiger partial charge on any atom is 0.315 e. The Morgan fingerprint density at radius 3 is 1.23 bits per heavy atom. The zero-order valence-corrected chi connectivity index (χ0v) is 52.0. The fraction of sp³-hybridized carbons (Fsp3) is 0.239. The average molecular weight is 1200 g/mol. The lowest BCUT2D eigenvalue weighted by Crippen LogP contribution is -2.82. The topological polar surface area (TPSA) is 176 Å². The summed E-state index contributed by atoms with van der Waals surface area (Å²) < 4.78 is 4.72. The summed E-state index contributed by atoms with van der Waals surface area (Å²) in [5.41, 5.74) is 15.6. The van der Waals surface area contributed by atoms with Crippen LogP contribution in [0.5, 0.6) is 0 Å².